The number of ketones is 1. The van der Waals surface area contributed by atoms with E-state index in [0.29, 0.717) is 5.69 Å². The van der Waals surface area contributed by atoms with E-state index >= 15 is 0 Å². The van der Waals surface area contributed by atoms with Crippen LogP contribution in [0.1, 0.15) is 45.4 Å². The summed E-state index contributed by atoms with van der Waals surface area (Å²) in [5, 5.41) is 4.34. The molecule has 2 rings (SSSR count). The predicted octanol–water partition coefficient (Wildman–Crippen LogP) is 3.14. The first kappa shape index (κ1) is 13.5. The zero-order chi connectivity index (χ0) is 14.2. The summed E-state index contributed by atoms with van der Waals surface area (Å²) in [6.45, 7) is 8.12. The van der Waals surface area contributed by atoms with Crippen molar-refractivity contribution in [1.82, 2.24) is 9.78 Å². The summed E-state index contributed by atoms with van der Waals surface area (Å²) >= 11 is 0. The van der Waals surface area contributed by atoms with Crippen molar-refractivity contribution in [3.63, 3.8) is 0 Å². The van der Waals surface area contributed by atoms with Crippen LogP contribution in [-0.4, -0.2) is 15.6 Å². The predicted molar refractivity (Wildman–Crippen MR) is 76.7 cm³/mol. The second-order valence-corrected chi connectivity index (χ2v) is 5.08. The van der Waals surface area contributed by atoms with Gasteiger partial charge in [-0.1, -0.05) is 13.0 Å². The van der Waals surface area contributed by atoms with Crippen LogP contribution in [0.15, 0.2) is 18.2 Å². The third-order valence-corrected chi connectivity index (χ3v) is 3.61. The van der Waals surface area contributed by atoms with Gasteiger partial charge in [0.15, 0.2) is 0 Å². The van der Waals surface area contributed by atoms with E-state index in [4.69, 9.17) is 0 Å². The molecule has 0 saturated carbocycles. The molecule has 1 aromatic carbocycles. The Morgan fingerprint density at radius 2 is 1.74 bits per heavy atom. The molecule has 1 aromatic heterocycles. The fraction of sp³-hybridized carbons (Fsp3) is 0.375. The highest BCUT2D eigenvalue weighted by molar-refractivity contribution is 6.09. The van der Waals surface area contributed by atoms with Gasteiger partial charge in [-0.2, -0.15) is 5.10 Å². The van der Waals surface area contributed by atoms with Crippen LogP contribution in [0.2, 0.25) is 0 Å². The van der Waals surface area contributed by atoms with Crippen LogP contribution in [0.25, 0.3) is 0 Å². The maximum Gasteiger partial charge on any atom is 0.211 e. The van der Waals surface area contributed by atoms with Crippen LogP contribution in [0, 0.1) is 20.8 Å². The molecule has 0 fully saturated rings. The van der Waals surface area contributed by atoms with E-state index in [0.717, 1.165) is 28.8 Å². The number of benzene rings is 1. The fourth-order valence-electron chi connectivity index (χ4n) is 2.26. The fourth-order valence-corrected chi connectivity index (χ4v) is 2.26. The second-order valence-electron chi connectivity index (χ2n) is 5.08. The Hall–Kier alpha value is -1.90. The monoisotopic (exact) mass is 256 g/mol. The zero-order valence-corrected chi connectivity index (χ0v) is 12.2. The molecule has 0 radical (unpaired) electrons. The molecule has 0 unspecified atom stereocenters. The second kappa shape index (κ2) is 5.00. The summed E-state index contributed by atoms with van der Waals surface area (Å²) in [4.78, 5) is 12.6. The molecule has 3 heteroatoms. The minimum absolute atomic E-state index is 0.0512. The summed E-state index contributed by atoms with van der Waals surface area (Å²) in [7, 11) is 1.82. The number of carbonyl (C=O) groups is 1. The lowest BCUT2D eigenvalue weighted by Gasteiger charge is -2.09. The molecule has 0 saturated heterocycles. The van der Waals surface area contributed by atoms with E-state index in [1.165, 1.54) is 5.56 Å². The van der Waals surface area contributed by atoms with Gasteiger partial charge in [-0.3, -0.25) is 9.48 Å². The smallest absolute Gasteiger partial charge is 0.211 e. The maximum absolute atomic E-state index is 12.6. The van der Waals surface area contributed by atoms with Crippen molar-refractivity contribution in [3.05, 3.63) is 51.8 Å². The molecule has 0 spiro atoms. The normalized spacial score (nSPS) is 10.8. The highest BCUT2D eigenvalue weighted by Gasteiger charge is 2.17. The summed E-state index contributed by atoms with van der Waals surface area (Å²) in [6, 6.07) is 5.93. The van der Waals surface area contributed by atoms with E-state index in [1.54, 1.807) is 4.68 Å². The van der Waals surface area contributed by atoms with Crippen LogP contribution in [0.5, 0.6) is 0 Å². The molecular formula is C16H20N2O. The SMILES string of the molecule is CCc1cc(C(=O)c2cc(C)c(C)cc2C)n(C)n1. The van der Waals surface area contributed by atoms with Crippen LogP contribution in [0.3, 0.4) is 0 Å². The van der Waals surface area contributed by atoms with Crippen molar-refractivity contribution in [2.24, 2.45) is 7.05 Å². The number of carbonyl (C=O) groups excluding carboxylic acids is 1. The zero-order valence-electron chi connectivity index (χ0n) is 12.2. The van der Waals surface area contributed by atoms with Gasteiger partial charge in [0, 0.05) is 12.6 Å². The summed E-state index contributed by atoms with van der Waals surface area (Å²) < 4.78 is 1.68. The molecular weight excluding hydrogens is 236 g/mol. The Kier molecular flexibility index (Phi) is 3.56. The molecule has 0 aliphatic heterocycles. The first-order valence-corrected chi connectivity index (χ1v) is 6.59. The molecule has 0 aliphatic rings. The Morgan fingerprint density at radius 1 is 1.11 bits per heavy atom. The van der Waals surface area contributed by atoms with E-state index in [9.17, 15) is 4.79 Å². The number of hydrogen-bond donors (Lipinski definition) is 0. The maximum atomic E-state index is 12.6. The molecule has 2 aromatic rings. The minimum Gasteiger partial charge on any atom is -0.287 e. The molecule has 0 atom stereocenters. The van der Waals surface area contributed by atoms with E-state index < -0.39 is 0 Å². The van der Waals surface area contributed by atoms with Gasteiger partial charge in [0.25, 0.3) is 0 Å². The summed E-state index contributed by atoms with van der Waals surface area (Å²) in [5.41, 5.74) is 5.76. The summed E-state index contributed by atoms with van der Waals surface area (Å²) in [5.74, 6) is 0.0512. The number of aryl methyl sites for hydroxylation is 5. The Balaban J connectivity index is 2.49. The largest absolute Gasteiger partial charge is 0.287 e. The highest BCUT2D eigenvalue weighted by atomic mass is 16.1. The quantitative estimate of drug-likeness (QED) is 0.791. The van der Waals surface area contributed by atoms with Crippen LogP contribution in [-0.2, 0) is 13.5 Å². The van der Waals surface area contributed by atoms with Crippen LogP contribution in [0.4, 0.5) is 0 Å². The van der Waals surface area contributed by atoms with E-state index in [-0.39, 0.29) is 5.78 Å². The van der Waals surface area contributed by atoms with Gasteiger partial charge < -0.3 is 0 Å². The minimum atomic E-state index is 0.0512. The van der Waals surface area contributed by atoms with Crippen molar-refractivity contribution in [3.8, 4) is 0 Å². The third-order valence-electron chi connectivity index (χ3n) is 3.61. The molecule has 0 bridgehead atoms. The topological polar surface area (TPSA) is 34.9 Å². The standard InChI is InChI=1S/C16H20N2O/c1-6-13-9-15(18(5)17-13)16(19)14-8-11(3)10(2)7-12(14)4/h7-9H,6H2,1-5H3. The van der Waals surface area contributed by atoms with Crippen LogP contribution < -0.4 is 0 Å². The van der Waals surface area contributed by atoms with Crippen molar-refractivity contribution < 1.29 is 4.79 Å². The average Bonchev–Trinajstić information content (AvgIpc) is 2.74. The van der Waals surface area contributed by atoms with Crippen LogP contribution >= 0.6 is 0 Å². The Bertz CT molecular complexity index is 638. The van der Waals surface area contributed by atoms with Crippen molar-refractivity contribution in [2.45, 2.75) is 34.1 Å². The average molecular weight is 256 g/mol. The first-order chi connectivity index (χ1) is 8.93. The van der Waals surface area contributed by atoms with Crippen molar-refractivity contribution in [2.75, 3.05) is 0 Å². The van der Waals surface area contributed by atoms with Gasteiger partial charge in [-0.25, -0.2) is 0 Å². The molecule has 100 valence electrons. The lowest BCUT2D eigenvalue weighted by atomic mass is 9.96. The first-order valence-electron chi connectivity index (χ1n) is 6.59. The molecule has 0 N–H and O–H groups in total. The molecule has 3 nitrogen and oxygen atoms in total. The van der Waals surface area contributed by atoms with Gasteiger partial charge in [-0.05, 0) is 56.0 Å². The van der Waals surface area contributed by atoms with Gasteiger partial charge in [0.05, 0.1) is 5.69 Å². The number of nitrogens with zero attached hydrogens (tertiary/aromatic N) is 2. The van der Waals surface area contributed by atoms with Crippen molar-refractivity contribution >= 4 is 5.78 Å². The number of aromatic nitrogens is 2. The molecule has 0 aliphatic carbocycles. The number of rotatable bonds is 3. The lowest BCUT2D eigenvalue weighted by molar-refractivity contribution is 0.102. The third kappa shape index (κ3) is 2.46. The van der Waals surface area contributed by atoms with E-state index in [1.807, 2.05) is 40.0 Å². The highest BCUT2D eigenvalue weighted by Crippen LogP contribution is 2.19. The Morgan fingerprint density at radius 3 is 2.32 bits per heavy atom. The molecule has 1 heterocycles. The lowest BCUT2D eigenvalue weighted by Crippen LogP contribution is -2.10. The van der Waals surface area contributed by atoms with Gasteiger partial charge in [-0.15, -0.1) is 0 Å². The Labute approximate surface area is 114 Å². The molecule has 0 amide bonds. The van der Waals surface area contributed by atoms with Gasteiger partial charge in [0.1, 0.15) is 5.69 Å². The van der Waals surface area contributed by atoms with E-state index in [2.05, 4.69) is 18.1 Å². The van der Waals surface area contributed by atoms with Crippen molar-refractivity contribution in [1.29, 1.82) is 0 Å². The summed E-state index contributed by atoms with van der Waals surface area (Å²) in [6.07, 6.45) is 0.840. The van der Waals surface area contributed by atoms with Gasteiger partial charge in [0.2, 0.25) is 5.78 Å². The molecule has 19 heavy (non-hydrogen) atoms. The number of hydrogen-bond acceptors (Lipinski definition) is 2. The van der Waals surface area contributed by atoms with Gasteiger partial charge >= 0.3 is 0 Å².